The van der Waals surface area contributed by atoms with Crippen LogP contribution in [0.4, 0.5) is 5.69 Å². The zero-order chi connectivity index (χ0) is 13.1. The minimum atomic E-state index is -0.496. The van der Waals surface area contributed by atoms with Crippen LogP contribution >= 0.6 is 11.6 Å². The molecule has 2 aromatic rings. The molecule has 94 valence electrons. The van der Waals surface area contributed by atoms with Crippen molar-refractivity contribution in [3.63, 3.8) is 0 Å². The van der Waals surface area contributed by atoms with Gasteiger partial charge in [0.15, 0.2) is 0 Å². The van der Waals surface area contributed by atoms with E-state index in [9.17, 15) is 10.1 Å². The normalized spacial score (nSPS) is 10.3. The van der Waals surface area contributed by atoms with E-state index >= 15 is 0 Å². The predicted octanol–water partition coefficient (Wildman–Crippen LogP) is 2.56. The highest BCUT2D eigenvalue weighted by Crippen LogP contribution is 2.29. The van der Waals surface area contributed by atoms with E-state index in [0.29, 0.717) is 10.8 Å². The molecule has 0 saturated carbocycles. The second-order valence-electron chi connectivity index (χ2n) is 3.61. The summed E-state index contributed by atoms with van der Waals surface area (Å²) in [5.41, 5.74) is -0.0609. The number of benzene rings is 1. The molecule has 0 unspecified atom stereocenters. The monoisotopic (exact) mass is 267 g/mol. The molecule has 0 atom stereocenters. The van der Waals surface area contributed by atoms with Crippen LogP contribution in [-0.2, 0) is 13.7 Å². The van der Waals surface area contributed by atoms with Crippen LogP contribution in [0.3, 0.4) is 0 Å². The fourth-order valence-corrected chi connectivity index (χ4v) is 1.57. The molecule has 0 N–H and O–H groups in total. The number of aryl methyl sites for hydroxylation is 1. The average molecular weight is 268 g/mol. The van der Waals surface area contributed by atoms with Gasteiger partial charge in [0.25, 0.3) is 5.69 Å². The largest absolute Gasteiger partial charge is 0.484 e. The van der Waals surface area contributed by atoms with Crippen LogP contribution in [0.15, 0.2) is 30.6 Å². The molecule has 2 rings (SSSR count). The molecular formula is C11H10ClN3O3. The van der Waals surface area contributed by atoms with Crippen molar-refractivity contribution in [2.24, 2.45) is 7.05 Å². The lowest BCUT2D eigenvalue weighted by molar-refractivity contribution is -0.384. The van der Waals surface area contributed by atoms with E-state index in [1.807, 2.05) is 7.05 Å². The van der Waals surface area contributed by atoms with E-state index in [4.69, 9.17) is 16.3 Å². The minimum Gasteiger partial charge on any atom is -0.484 e. The highest BCUT2D eigenvalue weighted by atomic mass is 35.5. The van der Waals surface area contributed by atoms with Gasteiger partial charge in [0, 0.05) is 25.5 Å². The van der Waals surface area contributed by atoms with Crippen LogP contribution in [0.5, 0.6) is 5.75 Å². The molecule has 0 saturated heterocycles. The summed E-state index contributed by atoms with van der Waals surface area (Å²) in [6.07, 6.45) is 3.43. The third kappa shape index (κ3) is 2.60. The summed E-state index contributed by atoms with van der Waals surface area (Å²) in [5.74, 6) is 0.978. The number of imidazole rings is 1. The molecular weight excluding hydrogens is 258 g/mol. The molecule has 1 aromatic heterocycles. The van der Waals surface area contributed by atoms with Crippen molar-refractivity contribution in [2.45, 2.75) is 6.61 Å². The van der Waals surface area contributed by atoms with Gasteiger partial charge >= 0.3 is 0 Å². The minimum absolute atomic E-state index is 0.0609. The van der Waals surface area contributed by atoms with E-state index in [0.717, 1.165) is 0 Å². The third-order valence-corrected chi connectivity index (χ3v) is 2.72. The number of hydrogen-bond acceptors (Lipinski definition) is 4. The molecule has 0 aliphatic rings. The standard InChI is InChI=1S/C11H10ClN3O3/c1-14-5-4-13-11(14)7-18-10-6-8(15(16)17)2-3-9(10)12/h2-6H,7H2,1H3. The Morgan fingerprint density at radius 1 is 1.56 bits per heavy atom. The Morgan fingerprint density at radius 2 is 2.33 bits per heavy atom. The SMILES string of the molecule is Cn1ccnc1COc1cc([N+](=O)[O-])ccc1Cl. The second kappa shape index (κ2) is 5.05. The van der Waals surface area contributed by atoms with Gasteiger partial charge in [-0.1, -0.05) is 11.6 Å². The van der Waals surface area contributed by atoms with Gasteiger partial charge in [-0.3, -0.25) is 10.1 Å². The number of hydrogen-bond donors (Lipinski definition) is 0. The fraction of sp³-hybridized carbons (Fsp3) is 0.182. The summed E-state index contributed by atoms with van der Waals surface area (Å²) < 4.78 is 7.23. The van der Waals surface area contributed by atoms with Gasteiger partial charge in [-0.25, -0.2) is 4.98 Å². The summed E-state index contributed by atoms with van der Waals surface area (Å²) in [6.45, 7) is 0.199. The van der Waals surface area contributed by atoms with E-state index in [2.05, 4.69) is 4.98 Å². The molecule has 6 nitrogen and oxygen atoms in total. The molecule has 0 bridgehead atoms. The van der Waals surface area contributed by atoms with Crippen LogP contribution in [0.2, 0.25) is 5.02 Å². The van der Waals surface area contributed by atoms with Crippen molar-refractivity contribution >= 4 is 17.3 Å². The first-order valence-corrected chi connectivity index (χ1v) is 5.48. The number of nitro benzene ring substituents is 1. The van der Waals surface area contributed by atoms with Gasteiger partial charge in [-0.2, -0.15) is 0 Å². The second-order valence-corrected chi connectivity index (χ2v) is 4.02. The summed E-state index contributed by atoms with van der Waals surface area (Å²) in [4.78, 5) is 14.2. The first-order chi connectivity index (χ1) is 8.58. The summed E-state index contributed by atoms with van der Waals surface area (Å²) >= 11 is 5.91. The smallest absolute Gasteiger partial charge is 0.273 e. The number of halogens is 1. The van der Waals surface area contributed by atoms with Crippen molar-refractivity contribution in [1.82, 2.24) is 9.55 Å². The molecule has 0 spiro atoms. The Bertz CT molecular complexity index is 583. The molecule has 0 fully saturated rings. The lowest BCUT2D eigenvalue weighted by atomic mass is 10.3. The van der Waals surface area contributed by atoms with Crippen LogP contribution in [-0.4, -0.2) is 14.5 Å². The summed E-state index contributed by atoms with van der Waals surface area (Å²) in [5, 5.41) is 11.0. The Kier molecular flexibility index (Phi) is 3.47. The maximum atomic E-state index is 10.6. The van der Waals surface area contributed by atoms with Gasteiger partial charge in [-0.05, 0) is 6.07 Å². The maximum Gasteiger partial charge on any atom is 0.273 e. The van der Waals surface area contributed by atoms with Gasteiger partial charge in [0.2, 0.25) is 0 Å². The fourth-order valence-electron chi connectivity index (χ4n) is 1.39. The molecule has 0 radical (unpaired) electrons. The first kappa shape index (κ1) is 12.4. The van der Waals surface area contributed by atoms with Gasteiger partial charge in [0.05, 0.1) is 16.0 Å². The number of rotatable bonds is 4. The van der Waals surface area contributed by atoms with E-state index in [-0.39, 0.29) is 18.0 Å². The van der Waals surface area contributed by atoms with Crippen LogP contribution in [0.1, 0.15) is 5.82 Å². The average Bonchev–Trinajstić information content (AvgIpc) is 2.73. The van der Waals surface area contributed by atoms with Crippen molar-refractivity contribution < 1.29 is 9.66 Å². The van der Waals surface area contributed by atoms with Crippen molar-refractivity contribution in [1.29, 1.82) is 0 Å². The van der Waals surface area contributed by atoms with E-state index in [1.165, 1.54) is 18.2 Å². The highest BCUT2D eigenvalue weighted by molar-refractivity contribution is 6.32. The molecule has 1 heterocycles. The topological polar surface area (TPSA) is 70.2 Å². The predicted molar refractivity (Wildman–Crippen MR) is 65.6 cm³/mol. The van der Waals surface area contributed by atoms with Gasteiger partial charge < -0.3 is 9.30 Å². The number of nitrogens with zero attached hydrogens (tertiary/aromatic N) is 3. The number of ether oxygens (including phenoxy) is 1. The van der Waals surface area contributed by atoms with Crippen molar-refractivity contribution in [2.75, 3.05) is 0 Å². The summed E-state index contributed by atoms with van der Waals surface area (Å²) in [7, 11) is 1.83. The first-order valence-electron chi connectivity index (χ1n) is 5.11. The van der Waals surface area contributed by atoms with Crippen molar-refractivity contribution in [3.05, 3.63) is 51.6 Å². The molecule has 0 aliphatic heterocycles. The zero-order valence-electron chi connectivity index (χ0n) is 9.54. The lowest BCUT2D eigenvalue weighted by Gasteiger charge is -2.07. The maximum absolute atomic E-state index is 10.6. The number of aromatic nitrogens is 2. The Hall–Kier alpha value is -2.08. The van der Waals surface area contributed by atoms with Crippen LogP contribution in [0, 0.1) is 10.1 Å². The molecule has 0 amide bonds. The molecule has 0 aliphatic carbocycles. The van der Waals surface area contributed by atoms with Crippen LogP contribution in [0.25, 0.3) is 0 Å². The number of non-ortho nitro benzene ring substituents is 1. The Labute approximate surface area is 108 Å². The highest BCUT2D eigenvalue weighted by Gasteiger charge is 2.11. The molecule has 7 heteroatoms. The molecule has 1 aromatic carbocycles. The summed E-state index contributed by atoms with van der Waals surface area (Å²) in [6, 6.07) is 4.06. The third-order valence-electron chi connectivity index (χ3n) is 2.40. The quantitative estimate of drug-likeness (QED) is 0.630. The van der Waals surface area contributed by atoms with Gasteiger partial charge in [-0.15, -0.1) is 0 Å². The number of nitro groups is 1. The Morgan fingerprint density at radius 3 is 2.94 bits per heavy atom. The lowest BCUT2D eigenvalue weighted by Crippen LogP contribution is -2.03. The van der Waals surface area contributed by atoms with E-state index in [1.54, 1.807) is 17.0 Å². The van der Waals surface area contributed by atoms with Crippen LogP contribution < -0.4 is 4.74 Å². The van der Waals surface area contributed by atoms with Gasteiger partial charge in [0.1, 0.15) is 18.2 Å². The van der Waals surface area contributed by atoms with E-state index < -0.39 is 4.92 Å². The zero-order valence-corrected chi connectivity index (χ0v) is 10.3. The van der Waals surface area contributed by atoms with Crippen molar-refractivity contribution in [3.8, 4) is 5.75 Å². The Balaban J connectivity index is 2.16. The molecule has 18 heavy (non-hydrogen) atoms.